The minimum atomic E-state index is -1.22. The van der Waals surface area contributed by atoms with Crippen LogP contribution in [0.15, 0.2) is 18.2 Å². The molecule has 0 bridgehead atoms. The lowest BCUT2D eigenvalue weighted by Gasteiger charge is -2.34. The van der Waals surface area contributed by atoms with Crippen molar-refractivity contribution in [2.24, 2.45) is 11.5 Å². The molecule has 2 atom stereocenters. The van der Waals surface area contributed by atoms with Crippen LogP contribution >= 0.6 is 0 Å². The first kappa shape index (κ1) is 18.6. The van der Waals surface area contributed by atoms with Crippen molar-refractivity contribution in [3.05, 3.63) is 23.8 Å². The Morgan fingerprint density at radius 3 is 2.56 bits per heavy atom. The number of nitrogens with two attached hydrogens (primary N) is 2. The van der Waals surface area contributed by atoms with Crippen LogP contribution < -0.4 is 26.4 Å². The van der Waals surface area contributed by atoms with Gasteiger partial charge in [0.2, 0.25) is 11.9 Å². The van der Waals surface area contributed by atoms with Gasteiger partial charge >= 0.3 is 12.0 Å². The standard InChI is InChI=1S/C16H21N7O4/c1-27-16-21-14(19-10-2-3-11(13(25)26)12(24)5-10)20-15(22-16)23-6-8(17)4-9(18)7-23/h2-3,5,8-9,24H,4,6-7,17-18H2,1H3,(H,25,26)(H,19,20,21,22)/t8-,9+. The monoisotopic (exact) mass is 375 g/mol. The fourth-order valence-electron chi connectivity index (χ4n) is 2.90. The first-order valence-corrected chi connectivity index (χ1v) is 8.25. The van der Waals surface area contributed by atoms with Gasteiger partial charge in [-0.25, -0.2) is 4.79 Å². The van der Waals surface area contributed by atoms with Crippen molar-refractivity contribution in [1.29, 1.82) is 0 Å². The molecule has 1 aliphatic heterocycles. The third-order valence-electron chi connectivity index (χ3n) is 4.07. The van der Waals surface area contributed by atoms with Crippen LogP contribution in [-0.4, -0.2) is 63.4 Å². The van der Waals surface area contributed by atoms with Crippen molar-refractivity contribution in [3.8, 4) is 11.8 Å². The number of carbonyl (C=O) groups is 1. The van der Waals surface area contributed by atoms with Crippen molar-refractivity contribution >= 4 is 23.6 Å². The van der Waals surface area contributed by atoms with Gasteiger partial charge in [0, 0.05) is 36.9 Å². The molecule has 2 heterocycles. The highest BCUT2D eigenvalue weighted by Gasteiger charge is 2.25. The van der Waals surface area contributed by atoms with Crippen LogP contribution in [-0.2, 0) is 0 Å². The van der Waals surface area contributed by atoms with Crippen LogP contribution in [0.3, 0.4) is 0 Å². The number of rotatable bonds is 5. The van der Waals surface area contributed by atoms with Crippen molar-refractivity contribution in [3.63, 3.8) is 0 Å². The molecule has 0 spiro atoms. The molecule has 1 aliphatic rings. The molecule has 1 fully saturated rings. The van der Waals surface area contributed by atoms with Crippen molar-refractivity contribution in [2.75, 3.05) is 30.4 Å². The van der Waals surface area contributed by atoms with Gasteiger partial charge in [-0.05, 0) is 18.6 Å². The third kappa shape index (κ3) is 4.33. The van der Waals surface area contributed by atoms with E-state index in [0.717, 1.165) is 6.42 Å². The number of ether oxygens (including phenoxy) is 1. The molecule has 0 saturated carbocycles. The lowest BCUT2D eigenvalue weighted by atomic mass is 10.0. The highest BCUT2D eigenvalue weighted by Crippen LogP contribution is 2.25. The Balaban J connectivity index is 1.87. The molecule has 144 valence electrons. The number of hydrogen-bond acceptors (Lipinski definition) is 10. The fourth-order valence-corrected chi connectivity index (χ4v) is 2.90. The molecule has 11 heteroatoms. The van der Waals surface area contributed by atoms with Gasteiger partial charge in [-0.1, -0.05) is 0 Å². The second-order valence-electron chi connectivity index (χ2n) is 6.27. The number of carboxylic acids is 1. The van der Waals surface area contributed by atoms with E-state index in [4.69, 9.17) is 21.3 Å². The number of benzene rings is 1. The lowest BCUT2D eigenvalue weighted by molar-refractivity contribution is 0.0694. The zero-order chi connectivity index (χ0) is 19.6. The Kier molecular flexibility index (Phi) is 5.23. The van der Waals surface area contributed by atoms with Gasteiger partial charge in [0.15, 0.2) is 0 Å². The number of piperidine rings is 1. The van der Waals surface area contributed by atoms with E-state index in [-0.39, 0.29) is 35.4 Å². The summed E-state index contributed by atoms with van der Waals surface area (Å²) in [7, 11) is 1.43. The molecule has 1 aromatic heterocycles. The molecule has 7 N–H and O–H groups in total. The lowest BCUT2D eigenvalue weighted by Crippen LogP contribution is -2.52. The SMILES string of the molecule is COc1nc(Nc2ccc(C(=O)O)c(O)c2)nc(N2C[C@H](N)C[C@H](N)C2)n1. The number of anilines is 3. The van der Waals surface area contributed by atoms with Crippen LogP contribution in [0.4, 0.5) is 17.6 Å². The van der Waals surface area contributed by atoms with Crippen LogP contribution in [0.25, 0.3) is 0 Å². The second kappa shape index (κ2) is 7.60. The Bertz CT molecular complexity index is 838. The summed E-state index contributed by atoms with van der Waals surface area (Å²) < 4.78 is 5.13. The zero-order valence-electron chi connectivity index (χ0n) is 14.7. The average Bonchev–Trinajstić information content (AvgIpc) is 2.60. The molecule has 0 aliphatic carbocycles. The summed E-state index contributed by atoms with van der Waals surface area (Å²) in [6, 6.07) is 3.96. The molecule has 11 nitrogen and oxygen atoms in total. The topological polar surface area (TPSA) is 173 Å². The van der Waals surface area contributed by atoms with Gasteiger partial charge in [0.1, 0.15) is 11.3 Å². The van der Waals surface area contributed by atoms with E-state index in [9.17, 15) is 9.90 Å². The largest absolute Gasteiger partial charge is 0.507 e. The van der Waals surface area contributed by atoms with E-state index in [2.05, 4.69) is 20.3 Å². The predicted molar refractivity (Wildman–Crippen MR) is 97.5 cm³/mol. The van der Waals surface area contributed by atoms with E-state index in [0.29, 0.717) is 24.7 Å². The molecule has 2 aromatic rings. The number of nitrogens with one attached hydrogen (secondary N) is 1. The predicted octanol–water partition coefficient (Wildman–Crippen LogP) is -0.108. The van der Waals surface area contributed by atoms with Crippen molar-refractivity contribution < 1.29 is 19.7 Å². The summed E-state index contributed by atoms with van der Waals surface area (Å²) in [4.78, 5) is 25.6. The van der Waals surface area contributed by atoms with Gasteiger partial charge in [-0.2, -0.15) is 15.0 Å². The summed E-state index contributed by atoms with van der Waals surface area (Å²) in [6.45, 7) is 1.10. The summed E-state index contributed by atoms with van der Waals surface area (Å²) in [5.41, 5.74) is 12.3. The number of methoxy groups -OCH3 is 1. The van der Waals surface area contributed by atoms with Crippen LogP contribution in [0.5, 0.6) is 11.8 Å². The van der Waals surface area contributed by atoms with Crippen LogP contribution in [0, 0.1) is 0 Å². The van der Waals surface area contributed by atoms with Gasteiger partial charge in [0.05, 0.1) is 7.11 Å². The van der Waals surface area contributed by atoms with E-state index in [1.807, 2.05) is 4.90 Å². The maximum absolute atomic E-state index is 11.0. The third-order valence-corrected chi connectivity index (χ3v) is 4.07. The molecule has 0 amide bonds. The Morgan fingerprint density at radius 2 is 1.96 bits per heavy atom. The molecule has 1 aromatic carbocycles. The molecule has 1 saturated heterocycles. The minimum Gasteiger partial charge on any atom is -0.507 e. The number of aromatic hydroxyl groups is 1. The van der Waals surface area contributed by atoms with Gasteiger partial charge in [-0.3, -0.25) is 0 Å². The van der Waals surface area contributed by atoms with E-state index in [1.165, 1.54) is 25.3 Å². The van der Waals surface area contributed by atoms with Crippen LogP contribution in [0.2, 0.25) is 0 Å². The van der Waals surface area contributed by atoms with E-state index < -0.39 is 5.97 Å². The van der Waals surface area contributed by atoms with E-state index in [1.54, 1.807) is 0 Å². The average molecular weight is 375 g/mol. The van der Waals surface area contributed by atoms with Gasteiger partial charge in [0.25, 0.3) is 0 Å². The number of nitrogens with zero attached hydrogens (tertiary/aromatic N) is 4. The molecule has 0 radical (unpaired) electrons. The minimum absolute atomic E-state index is 0.0894. The maximum atomic E-state index is 11.0. The normalized spacial score (nSPS) is 19.6. The fraction of sp³-hybridized carbons (Fsp3) is 0.375. The van der Waals surface area contributed by atoms with Crippen molar-refractivity contribution in [2.45, 2.75) is 18.5 Å². The van der Waals surface area contributed by atoms with Gasteiger partial charge in [-0.15, -0.1) is 0 Å². The highest BCUT2D eigenvalue weighted by molar-refractivity contribution is 5.91. The number of carboxylic acid groups (broad SMARTS) is 1. The van der Waals surface area contributed by atoms with Crippen LogP contribution in [0.1, 0.15) is 16.8 Å². The summed E-state index contributed by atoms with van der Waals surface area (Å²) in [6.07, 6.45) is 0.721. The Labute approximate surface area is 155 Å². The zero-order valence-corrected chi connectivity index (χ0v) is 14.7. The number of aromatic carboxylic acids is 1. The Morgan fingerprint density at radius 1 is 1.26 bits per heavy atom. The first-order valence-electron chi connectivity index (χ1n) is 8.25. The number of hydrogen-bond donors (Lipinski definition) is 5. The quantitative estimate of drug-likeness (QED) is 0.472. The molecule has 27 heavy (non-hydrogen) atoms. The smallest absolute Gasteiger partial charge is 0.339 e. The second-order valence-corrected chi connectivity index (χ2v) is 6.27. The number of aromatic nitrogens is 3. The van der Waals surface area contributed by atoms with Gasteiger partial charge < -0.3 is 36.6 Å². The molecular weight excluding hydrogens is 354 g/mol. The summed E-state index contributed by atoms with van der Waals surface area (Å²) in [5, 5.41) is 21.7. The summed E-state index contributed by atoms with van der Waals surface area (Å²) in [5.74, 6) is -1.06. The molecular formula is C16H21N7O4. The molecule has 3 rings (SSSR count). The summed E-state index contributed by atoms with van der Waals surface area (Å²) >= 11 is 0. The molecule has 0 unspecified atom stereocenters. The van der Waals surface area contributed by atoms with Crippen molar-refractivity contribution in [1.82, 2.24) is 15.0 Å². The Hall–Kier alpha value is -3.18. The van der Waals surface area contributed by atoms with E-state index >= 15 is 0 Å². The maximum Gasteiger partial charge on any atom is 0.339 e. The highest BCUT2D eigenvalue weighted by atomic mass is 16.5. The first-order chi connectivity index (χ1) is 12.9. The number of phenols is 1.